The standard InChI is InChI=1S/C31H42N2O4/c1-31(2,3)37-30(35)33-19-15-27(16-20-33)22-25-11-9-24(10-12-25)21-26-13-17-32(18-14-26)29(34)36-23-28-7-5-4-6-8-28/h4-12,26-27H,13-23H2,1-3H3. The Morgan fingerprint density at radius 3 is 1.62 bits per heavy atom. The van der Waals surface area contributed by atoms with E-state index in [4.69, 9.17) is 9.47 Å². The van der Waals surface area contributed by atoms with Crippen LogP contribution in [0.1, 0.15) is 63.1 Å². The maximum absolute atomic E-state index is 12.4. The van der Waals surface area contributed by atoms with Gasteiger partial charge in [-0.15, -0.1) is 0 Å². The van der Waals surface area contributed by atoms with E-state index in [0.29, 0.717) is 18.4 Å². The van der Waals surface area contributed by atoms with E-state index in [1.165, 1.54) is 11.1 Å². The third-order valence-electron chi connectivity index (χ3n) is 7.42. The average molecular weight is 507 g/mol. The summed E-state index contributed by atoms with van der Waals surface area (Å²) in [4.78, 5) is 28.4. The highest BCUT2D eigenvalue weighted by molar-refractivity contribution is 5.68. The highest BCUT2D eigenvalue weighted by Gasteiger charge is 2.27. The van der Waals surface area contributed by atoms with Crippen LogP contribution in [0.3, 0.4) is 0 Å². The quantitative estimate of drug-likeness (QED) is 0.451. The molecular weight excluding hydrogens is 464 g/mol. The first-order valence-electron chi connectivity index (χ1n) is 13.8. The molecule has 0 saturated carbocycles. The molecule has 6 heteroatoms. The predicted molar refractivity (Wildman–Crippen MR) is 145 cm³/mol. The summed E-state index contributed by atoms with van der Waals surface area (Å²) in [6.45, 7) is 9.13. The van der Waals surface area contributed by atoms with E-state index in [2.05, 4.69) is 24.3 Å². The van der Waals surface area contributed by atoms with Gasteiger partial charge in [0.1, 0.15) is 12.2 Å². The Hall–Kier alpha value is -3.02. The zero-order valence-electron chi connectivity index (χ0n) is 22.7. The van der Waals surface area contributed by atoms with Crippen LogP contribution in [-0.2, 0) is 28.9 Å². The molecule has 2 aliphatic rings. The molecule has 2 saturated heterocycles. The van der Waals surface area contributed by atoms with Gasteiger partial charge in [-0.1, -0.05) is 54.6 Å². The molecule has 6 nitrogen and oxygen atoms in total. The number of rotatable bonds is 6. The van der Waals surface area contributed by atoms with Gasteiger partial charge in [0.2, 0.25) is 0 Å². The van der Waals surface area contributed by atoms with Crippen molar-refractivity contribution in [1.82, 2.24) is 9.80 Å². The van der Waals surface area contributed by atoms with Gasteiger partial charge in [-0.05, 0) is 87.8 Å². The number of piperidine rings is 2. The Morgan fingerprint density at radius 1 is 0.703 bits per heavy atom. The Kier molecular flexibility index (Phi) is 9.12. The van der Waals surface area contributed by atoms with Crippen molar-refractivity contribution < 1.29 is 19.1 Å². The van der Waals surface area contributed by atoms with Gasteiger partial charge < -0.3 is 19.3 Å². The van der Waals surface area contributed by atoms with Gasteiger partial charge >= 0.3 is 12.2 Å². The molecule has 2 aromatic carbocycles. The van der Waals surface area contributed by atoms with Crippen LogP contribution in [0.25, 0.3) is 0 Å². The van der Waals surface area contributed by atoms with Crippen LogP contribution < -0.4 is 0 Å². The minimum absolute atomic E-state index is 0.190. The minimum atomic E-state index is -0.443. The number of hydrogen-bond donors (Lipinski definition) is 0. The first kappa shape index (κ1) is 27.0. The molecule has 0 unspecified atom stereocenters. The van der Waals surface area contributed by atoms with Crippen molar-refractivity contribution >= 4 is 12.2 Å². The fraction of sp³-hybridized carbons (Fsp3) is 0.548. The number of ether oxygens (including phenoxy) is 2. The molecule has 0 radical (unpaired) electrons. The second-order valence-electron chi connectivity index (χ2n) is 11.6. The molecule has 2 aliphatic heterocycles. The first-order chi connectivity index (χ1) is 17.7. The van der Waals surface area contributed by atoms with Gasteiger partial charge in [0.15, 0.2) is 0 Å². The Balaban J connectivity index is 1.15. The van der Waals surface area contributed by atoms with Gasteiger partial charge in [0.25, 0.3) is 0 Å². The lowest BCUT2D eigenvalue weighted by atomic mass is 9.88. The number of nitrogens with zero attached hydrogens (tertiary/aromatic N) is 2. The summed E-state index contributed by atoms with van der Waals surface area (Å²) in [5.74, 6) is 1.21. The van der Waals surface area contributed by atoms with Crippen molar-refractivity contribution in [3.63, 3.8) is 0 Å². The van der Waals surface area contributed by atoms with Crippen LogP contribution in [0.2, 0.25) is 0 Å². The fourth-order valence-electron chi connectivity index (χ4n) is 5.25. The maximum Gasteiger partial charge on any atom is 0.410 e. The minimum Gasteiger partial charge on any atom is -0.445 e. The SMILES string of the molecule is CC(C)(C)OC(=O)N1CCC(Cc2ccc(CC3CCN(C(=O)OCc4ccccc4)CC3)cc2)CC1. The summed E-state index contributed by atoms with van der Waals surface area (Å²) in [5.41, 5.74) is 3.31. The predicted octanol–water partition coefficient (Wildman–Crippen LogP) is 6.47. The van der Waals surface area contributed by atoms with Gasteiger partial charge in [-0.25, -0.2) is 9.59 Å². The summed E-state index contributed by atoms with van der Waals surface area (Å²) in [7, 11) is 0. The van der Waals surface area contributed by atoms with Gasteiger partial charge in [0, 0.05) is 26.2 Å². The molecule has 0 N–H and O–H groups in total. The number of benzene rings is 2. The topological polar surface area (TPSA) is 59.1 Å². The number of carbonyl (C=O) groups excluding carboxylic acids is 2. The lowest BCUT2D eigenvalue weighted by Gasteiger charge is -2.33. The molecule has 37 heavy (non-hydrogen) atoms. The average Bonchev–Trinajstić information content (AvgIpc) is 2.89. The number of amides is 2. The summed E-state index contributed by atoms with van der Waals surface area (Å²) in [5, 5.41) is 0. The first-order valence-corrected chi connectivity index (χ1v) is 13.8. The Labute approximate surface area is 221 Å². The molecule has 0 bridgehead atoms. The van der Waals surface area contributed by atoms with Crippen molar-refractivity contribution in [3.05, 3.63) is 71.3 Å². The second kappa shape index (κ2) is 12.5. The van der Waals surface area contributed by atoms with Crippen LogP contribution in [-0.4, -0.2) is 53.8 Å². The summed E-state index contributed by atoms with van der Waals surface area (Å²) >= 11 is 0. The van der Waals surface area contributed by atoms with E-state index < -0.39 is 5.60 Å². The molecular formula is C31H42N2O4. The molecule has 4 rings (SSSR count). The molecule has 2 amide bonds. The largest absolute Gasteiger partial charge is 0.445 e. The van der Waals surface area contributed by atoms with E-state index in [-0.39, 0.29) is 12.2 Å². The molecule has 0 atom stereocenters. The molecule has 2 fully saturated rings. The van der Waals surface area contributed by atoms with Crippen molar-refractivity contribution in [2.45, 2.75) is 71.5 Å². The Bertz CT molecular complexity index is 1000. The zero-order chi connectivity index (χ0) is 26.3. The maximum atomic E-state index is 12.4. The Morgan fingerprint density at radius 2 is 1.16 bits per heavy atom. The third kappa shape index (κ3) is 8.51. The summed E-state index contributed by atoms with van der Waals surface area (Å²) in [6.07, 6.45) is 5.79. The highest BCUT2D eigenvalue weighted by atomic mass is 16.6. The zero-order valence-corrected chi connectivity index (χ0v) is 22.7. The van der Waals surface area contributed by atoms with E-state index in [1.54, 1.807) is 0 Å². The van der Waals surface area contributed by atoms with Crippen LogP contribution in [0.4, 0.5) is 9.59 Å². The van der Waals surface area contributed by atoms with Crippen LogP contribution in [0, 0.1) is 11.8 Å². The van der Waals surface area contributed by atoms with E-state index in [1.807, 2.05) is 60.9 Å². The van der Waals surface area contributed by atoms with E-state index in [9.17, 15) is 9.59 Å². The molecule has 2 aromatic rings. The van der Waals surface area contributed by atoms with Crippen molar-refractivity contribution in [2.24, 2.45) is 11.8 Å². The van der Waals surface area contributed by atoms with E-state index >= 15 is 0 Å². The lowest BCUT2D eigenvalue weighted by Crippen LogP contribution is -2.42. The monoisotopic (exact) mass is 506 g/mol. The van der Waals surface area contributed by atoms with Crippen molar-refractivity contribution in [1.29, 1.82) is 0 Å². The molecule has 0 aliphatic carbocycles. The molecule has 0 aromatic heterocycles. The second-order valence-corrected chi connectivity index (χ2v) is 11.6. The van der Waals surface area contributed by atoms with Gasteiger partial charge in [0.05, 0.1) is 0 Å². The van der Waals surface area contributed by atoms with Gasteiger partial charge in [-0.3, -0.25) is 0 Å². The van der Waals surface area contributed by atoms with Crippen molar-refractivity contribution in [3.8, 4) is 0 Å². The summed E-state index contributed by atoms with van der Waals surface area (Å²) < 4.78 is 11.0. The fourth-order valence-corrected chi connectivity index (χ4v) is 5.25. The molecule has 200 valence electrons. The van der Waals surface area contributed by atoms with Crippen molar-refractivity contribution in [2.75, 3.05) is 26.2 Å². The van der Waals surface area contributed by atoms with E-state index in [0.717, 1.165) is 70.3 Å². The summed E-state index contributed by atoms with van der Waals surface area (Å²) in [6, 6.07) is 18.9. The number of likely N-dealkylation sites (tertiary alicyclic amines) is 2. The highest BCUT2D eigenvalue weighted by Crippen LogP contribution is 2.25. The number of carbonyl (C=O) groups is 2. The molecule has 0 spiro atoms. The van der Waals surface area contributed by atoms with Crippen LogP contribution >= 0.6 is 0 Å². The normalized spacial score (nSPS) is 17.5. The number of hydrogen-bond acceptors (Lipinski definition) is 4. The lowest BCUT2D eigenvalue weighted by molar-refractivity contribution is 0.0184. The molecule has 2 heterocycles. The van der Waals surface area contributed by atoms with Crippen LogP contribution in [0.5, 0.6) is 0 Å². The third-order valence-corrected chi connectivity index (χ3v) is 7.42. The van der Waals surface area contributed by atoms with Crippen LogP contribution in [0.15, 0.2) is 54.6 Å². The van der Waals surface area contributed by atoms with Gasteiger partial charge in [-0.2, -0.15) is 0 Å². The smallest absolute Gasteiger partial charge is 0.410 e.